The molecule has 1 aliphatic heterocycles. The third-order valence-electron chi connectivity index (χ3n) is 6.38. The van der Waals surface area contributed by atoms with Crippen molar-refractivity contribution in [1.82, 2.24) is 14.3 Å². The maximum Gasteiger partial charge on any atom is 0.258 e. The molecular formula is C24H27N3O4S. The number of fused-ring (bicyclic) bond motifs is 2. The molecule has 0 bridgehead atoms. The molecule has 0 radical (unpaired) electrons. The minimum atomic E-state index is -3.80. The maximum absolute atomic E-state index is 13.7. The van der Waals surface area contributed by atoms with Gasteiger partial charge in [0.15, 0.2) is 0 Å². The summed E-state index contributed by atoms with van der Waals surface area (Å²) in [7, 11) is -3.80. The molecule has 1 aliphatic carbocycles. The number of H-pyrrole nitrogens is 1. The lowest BCUT2D eigenvalue weighted by molar-refractivity contribution is 0.0921. The highest BCUT2D eigenvalue weighted by molar-refractivity contribution is 7.89. The van der Waals surface area contributed by atoms with Crippen molar-refractivity contribution in [2.24, 2.45) is 0 Å². The van der Waals surface area contributed by atoms with E-state index in [1.165, 1.54) is 9.87 Å². The summed E-state index contributed by atoms with van der Waals surface area (Å²) in [6, 6.07) is 12.5. The number of nitrogens with one attached hydrogen (secondary N) is 1. The van der Waals surface area contributed by atoms with Gasteiger partial charge < -0.3 is 9.72 Å². The van der Waals surface area contributed by atoms with Crippen LogP contribution in [0.1, 0.15) is 42.6 Å². The van der Waals surface area contributed by atoms with Gasteiger partial charge in [0.1, 0.15) is 5.82 Å². The number of ether oxygens (including phenoxy) is 1. The lowest BCUT2D eigenvalue weighted by Crippen LogP contribution is -2.38. The van der Waals surface area contributed by atoms with Gasteiger partial charge in [-0.1, -0.05) is 18.2 Å². The Balaban J connectivity index is 1.51. The zero-order valence-corrected chi connectivity index (χ0v) is 18.7. The van der Waals surface area contributed by atoms with Crippen molar-refractivity contribution >= 4 is 20.9 Å². The minimum absolute atomic E-state index is 0.0145. The molecule has 1 fully saturated rings. The van der Waals surface area contributed by atoms with Crippen molar-refractivity contribution in [2.45, 2.75) is 56.1 Å². The van der Waals surface area contributed by atoms with Crippen LogP contribution < -0.4 is 5.56 Å². The van der Waals surface area contributed by atoms with Gasteiger partial charge in [0.05, 0.1) is 28.4 Å². The molecule has 1 unspecified atom stereocenters. The molecule has 7 nitrogen and oxygen atoms in total. The number of hydrogen-bond acceptors (Lipinski definition) is 5. The molecular weight excluding hydrogens is 426 g/mol. The van der Waals surface area contributed by atoms with Gasteiger partial charge >= 0.3 is 0 Å². The largest absolute Gasteiger partial charge is 0.377 e. The van der Waals surface area contributed by atoms with Gasteiger partial charge in [-0.3, -0.25) is 4.79 Å². The molecule has 0 saturated carbocycles. The van der Waals surface area contributed by atoms with Crippen LogP contribution in [0.15, 0.2) is 52.2 Å². The number of rotatable bonds is 6. The Labute approximate surface area is 187 Å². The van der Waals surface area contributed by atoms with Crippen LogP contribution in [0.3, 0.4) is 0 Å². The van der Waals surface area contributed by atoms with E-state index in [4.69, 9.17) is 4.74 Å². The second kappa shape index (κ2) is 8.77. The van der Waals surface area contributed by atoms with E-state index in [9.17, 15) is 13.2 Å². The molecule has 2 aromatic carbocycles. The van der Waals surface area contributed by atoms with E-state index >= 15 is 0 Å². The van der Waals surface area contributed by atoms with Crippen molar-refractivity contribution < 1.29 is 13.2 Å². The van der Waals surface area contributed by atoms with Gasteiger partial charge in [0.25, 0.3) is 5.56 Å². The van der Waals surface area contributed by atoms with Gasteiger partial charge in [0, 0.05) is 13.2 Å². The highest BCUT2D eigenvalue weighted by Gasteiger charge is 2.30. The Hall–Kier alpha value is -2.55. The highest BCUT2D eigenvalue weighted by Crippen LogP contribution is 2.27. The van der Waals surface area contributed by atoms with Gasteiger partial charge in [-0.25, -0.2) is 13.4 Å². The summed E-state index contributed by atoms with van der Waals surface area (Å²) in [5.41, 5.74) is 2.64. The minimum Gasteiger partial charge on any atom is -0.377 e. The van der Waals surface area contributed by atoms with Crippen LogP contribution in [0.2, 0.25) is 0 Å². The highest BCUT2D eigenvalue weighted by atomic mass is 32.2. The van der Waals surface area contributed by atoms with E-state index in [-0.39, 0.29) is 24.8 Å². The molecule has 32 heavy (non-hydrogen) atoms. The second-order valence-corrected chi connectivity index (χ2v) is 10.5. The molecule has 0 spiro atoms. The first-order chi connectivity index (χ1) is 15.5. The van der Waals surface area contributed by atoms with Crippen LogP contribution in [0.25, 0.3) is 10.9 Å². The second-order valence-electron chi connectivity index (χ2n) is 8.60. The summed E-state index contributed by atoms with van der Waals surface area (Å²) in [5.74, 6) is 0.327. The van der Waals surface area contributed by atoms with Crippen LogP contribution in [-0.2, 0) is 34.1 Å². The molecule has 5 rings (SSSR count). The van der Waals surface area contributed by atoms with Crippen molar-refractivity contribution in [2.75, 3.05) is 13.2 Å². The molecule has 1 atom stereocenters. The Kier molecular flexibility index (Phi) is 5.84. The zero-order chi connectivity index (χ0) is 22.1. The lowest BCUT2D eigenvalue weighted by atomic mass is 9.92. The van der Waals surface area contributed by atoms with Crippen molar-refractivity contribution in [3.05, 3.63) is 69.8 Å². The van der Waals surface area contributed by atoms with E-state index < -0.39 is 10.0 Å². The molecule has 1 N–H and O–H groups in total. The first-order valence-corrected chi connectivity index (χ1v) is 12.7. The summed E-state index contributed by atoms with van der Waals surface area (Å²) < 4.78 is 34.6. The SMILES string of the molecule is O=c1[nH]c(CN(CC2CCCO2)S(=O)(=O)c2ccc3c(c2)CCCC3)nc2ccccc12. The van der Waals surface area contributed by atoms with Gasteiger partial charge in [-0.05, 0) is 73.9 Å². The number of benzene rings is 2. The lowest BCUT2D eigenvalue weighted by Gasteiger charge is -2.25. The molecule has 2 aliphatic rings. The van der Waals surface area contributed by atoms with Crippen molar-refractivity contribution in [3.63, 3.8) is 0 Å². The zero-order valence-electron chi connectivity index (χ0n) is 17.9. The number of para-hydroxylation sites is 1. The van der Waals surface area contributed by atoms with E-state index in [2.05, 4.69) is 9.97 Å². The summed E-state index contributed by atoms with van der Waals surface area (Å²) >= 11 is 0. The quantitative estimate of drug-likeness (QED) is 0.619. The van der Waals surface area contributed by atoms with E-state index in [1.54, 1.807) is 24.3 Å². The number of aromatic amines is 1. The molecule has 168 valence electrons. The number of aryl methyl sites for hydroxylation is 2. The average molecular weight is 454 g/mol. The first-order valence-electron chi connectivity index (χ1n) is 11.2. The smallest absolute Gasteiger partial charge is 0.258 e. The average Bonchev–Trinajstić information content (AvgIpc) is 3.31. The van der Waals surface area contributed by atoms with Crippen LogP contribution in [0.4, 0.5) is 0 Å². The third kappa shape index (κ3) is 4.22. The van der Waals surface area contributed by atoms with Crippen molar-refractivity contribution in [1.29, 1.82) is 0 Å². The number of sulfonamides is 1. The van der Waals surface area contributed by atoms with Gasteiger partial charge in [-0.15, -0.1) is 0 Å². The Morgan fingerprint density at radius 3 is 2.69 bits per heavy atom. The molecule has 1 aromatic heterocycles. The standard InChI is InChI=1S/C24H27N3O4S/c28-24-21-9-3-4-10-22(21)25-23(26-24)16-27(15-19-8-5-13-31-19)32(29,30)20-12-11-17-6-1-2-7-18(17)14-20/h3-4,9-12,14,19H,1-2,5-8,13,15-16H2,(H,25,26,28). The normalized spacial score (nSPS) is 18.8. The van der Waals surface area contributed by atoms with Gasteiger partial charge in [0.2, 0.25) is 10.0 Å². The Bertz CT molecular complexity index is 1300. The molecule has 1 saturated heterocycles. The van der Waals surface area contributed by atoms with Crippen molar-refractivity contribution in [3.8, 4) is 0 Å². The fourth-order valence-electron chi connectivity index (χ4n) is 4.66. The first kappa shape index (κ1) is 21.3. The van der Waals surface area contributed by atoms with Crippen LogP contribution in [-0.4, -0.2) is 41.9 Å². The van der Waals surface area contributed by atoms with Crippen LogP contribution in [0, 0.1) is 0 Å². The summed E-state index contributed by atoms with van der Waals surface area (Å²) in [6.45, 7) is 0.859. The fourth-order valence-corrected chi connectivity index (χ4v) is 6.14. The summed E-state index contributed by atoms with van der Waals surface area (Å²) in [6.07, 6.45) is 5.71. The topological polar surface area (TPSA) is 92.4 Å². The molecule has 0 amide bonds. The fraction of sp³-hybridized carbons (Fsp3) is 0.417. The van der Waals surface area contributed by atoms with E-state index in [1.807, 2.05) is 18.2 Å². The van der Waals surface area contributed by atoms with Gasteiger partial charge in [-0.2, -0.15) is 4.31 Å². The van der Waals surface area contributed by atoms with E-state index in [0.717, 1.165) is 44.1 Å². The monoisotopic (exact) mass is 453 g/mol. The molecule has 8 heteroatoms. The van der Waals surface area contributed by atoms with E-state index in [0.29, 0.717) is 28.2 Å². The number of aromatic nitrogens is 2. The van der Waals surface area contributed by atoms with Crippen LogP contribution >= 0.6 is 0 Å². The third-order valence-corrected chi connectivity index (χ3v) is 8.18. The summed E-state index contributed by atoms with van der Waals surface area (Å²) in [5, 5.41) is 0.486. The molecule has 3 aromatic rings. The maximum atomic E-state index is 13.7. The predicted octanol–water partition coefficient (Wildman–Crippen LogP) is 3.17. The predicted molar refractivity (Wildman–Crippen MR) is 122 cm³/mol. The van der Waals surface area contributed by atoms with Crippen LogP contribution in [0.5, 0.6) is 0 Å². The number of nitrogens with zero attached hydrogens (tertiary/aromatic N) is 2. The Morgan fingerprint density at radius 1 is 1.06 bits per heavy atom. The summed E-state index contributed by atoms with van der Waals surface area (Å²) in [4.78, 5) is 20.1. The molecule has 2 heterocycles. The number of hydrogen-bond donors (Lipinski definition) is 1. The Morgan fingerprint density at radius 2 is 1.88 bits per heavy atom.